The molecule has 1 fully saturated rings. The van der Waals surface area contributed by atoms with E-state index in [2.05, 4.69) is 5.32 Å². The van der Waals surface area contributed by atoms with Gasteiger partial charge in [-0.05, 0) is 19.8 Å². The number of aliphatic hydroxyl groups excluding tert-OH is 6. The Kier molecular flexibility index (Phi) is 8.51. The van der Waals surface area contributed by atoms with Gasteiger partial charge in [-0.1, -0.05) is 6.92 Å². The maximum Gasteiger partial charge on any atom is 0.220 e. The Morgan fingerprint density at radius 3 is 2.21 bits per heavy atom. The number of aliphatic hydroxyl groups is 6. The molecule has 0 saturated carbocycles. The third-order valence-corrected chi connectivity index (χ3v) is 4.33. The van der Waals surface area contributed by atoms with Crippen molar-refractivity contribution in [2.75, 3.05) is 6.61 Å². The highest BCUT2D eigenvalue weighted by molar-refractivity contribution is 5.75. The van der Waals surface area contributed by atoms with Crippen molar-refractivity contribution in [1.82, 2.24) is 5.32 Å². The molecule has 0 aliphatic carbocycles. The van der Waals surface area contributed by atoms with Crippen LogP contribution in [0.2, 0.25) is 0 Å². The van der Waals surface area contributed by atoms with Crippen LogP contribution in [0.1, 0.15) is 33.1 Å². The van der Waals surface area contributed by atoms with Crippen molar-refractivity contribution in [1.29, 1.82) is 0 Å². The predicted octanol–water partition coefficient (Wildman–Crippen LogP) is -2.75. The molecule has 1 saturated heterocycles. The lowest BCUT2D eigenvalue weighted by molar-refractivity contribution is -0.231. The minimum atomic E-state index is -1.47. The minimum Gasteiger partial charge on any atom is -0.394 e. The number of carbonyl (C=O) groups excluding carboxylic acids is 1. The Morgan fingerprint density at radius 2 is 1.71 bits per heavy atom. The zero-order valence-electron chi connectivity index (χ0n) is 13.9. The second-order valence-corrected chi connectivity index (χ2v) is 6.20. The third kappa shape index (κ3) is 5.35. The van der Waals surface area contributed by atoms with Crippen molar-refractivity contribution in [2.45, 2.75) is 81.9 Å². The molecule has 142 valence electrons. The van der Waals surface area contributed by atoms with Gasteiger partial charge in [0, 0.05) is 6.42 Å². The van der Waals surface area contributed by atoms with Crippen molar-refractivity contribution in [3.63, 3.8) is 0 Å². The van der Waals surface area contributed by atoms with Crippen LogP contribution in [0, 0.1) is 0 Å². The molecule has 8 atom stereocenters. The van der Waals surface area contributed by atoms with Crippen LogP contribution in [0.25, 0.3) is 0 Å². The van der Waals surface area contributed by atoms with E-state index in [1.165, 1.54) is 6.92 Å². The van der Waals surface area contributed by atoms with E-state index >= 15 is 0 Å². The van der Waals surface area contributed by atoms with E-state index in [4.69, 9.17) is 9.84 Å². The Hall–Kier alpha value is -0.810. The molecule has 1 aliphatic rings. The fourth-order valence-corrected chi connectivity index (χ4v) is 2.73. The highest BCUT2D eigenvalue weighted by Crippen LogP contribution is 2.25. The molecule has 0 aromatic rings. The molecule has 0 spiro atoms. The maximum atomic E-state index is 11.6. The standard InChI is InChI=1S/C15H29NO8/c1-3-11(19)16-8(12(20)7(2)18)4-5-9-13(21)15(23)14(22)10(6-17)24-9/h7-10,12-15,17-18,20-23H,3-6H2,1-2H3,(H,16,19)/t7-,8+,9?,10?,12-,13?,14?,15?/m1/s1. The Morgan fingerprint density at radius 1 is 1.12 bits per heavy atom. The van der Waals surface area contributed by atoms with Crippen molar-refractivity contribution in [3.05, 3.63) is 0 Å². The van der Waals surface area contributed by atoms with E-state index in [1.807, 2.05) is 0 Å². The number of rotatable bonds is 8. The molecular weight excluding hydrogens is 322 g/mol. The van der Waals surface area contributed by atoms with Gasteiger partial charge in [0.25, 0.3) is 0 Å². The summed E-state index contributed by atoms with van der Waals surface area (Å²) in [5.41, 5.74) is 0. The van der Waals surface area contributed by atoms with E-state index in [1.54, 1.807) is 6.92 Å². The predicted molar refractivity (Wildman–Crippen MR) is 82.9 cm³/mol. The van der Waals surface area contributed by atoms with Crippen molar-refractivity contribution in [3.8, 4) is 0 Å². The second-order valence-electron chi connectivity index (χ2n) is 6.20. The average Bonchev–Trinajstić information content (AvgIpc) is 2.56. The SMILES string of the molecule is CCC(=O)N[C@@H](CCC1OC(CO)C(O)C(O)C1O)[C@H](O)[C@@H](C)O. The second kappa shape index (κ2) is 9.62. The molecule has 0 aromatic heterocycles. The number of nitrogens with one attached hydrogen (secondary N) is 1. The highest BCUT2D eigenvalue weighted by atomic mass is 16.5. The lowest BCUT2D eigenvalue weighted by Gasteiger charge is -2.40. The molecular formula is C15H29NO8. The summed E-state index contributed by atoms with van der Waals surface area (Å²) in [5.74, 6) is -0.298. The van der Waals surface area contributed by atoms with E-state index in [0.717, 1.165) is 0 Å². The summed E-state index contributed by atoms with van der Waals surface area (Å²) in [4.78, 5) is 11.6. The summed E-state index contributed by atoms with van der Waals surface area (Å²) in [5, 5.41) is 60.8. The summed E-state index contributed by atoms with van der Waals surface area (Å²) >= 11 is 0. The topological polar surface area (TPSA) is 160 Å². The quantitative estimate of drug-likeness (QED) is 0.248. The van der Waals surface area contributed by atoms with Crippen LogP contribution in [0.4, 0.5) is 0 Å². The molecule has 0 bridgehead atoms. The van der Waals surface area contributed by atoms with Gasteiger partial charge >= 0.3 is 0 Å². The Labute approximate surface area is 140 Å². The number of amides is 1. The maximum absolute atomic E-state index is 11.6. The first-order valence-corrected chi connectivity index (χ1v) is 8.18. The first-order valence-electron chi connectivity index (χ1n) is 8.18. The third-order valence-electron chi connectivity index (χ3n) is 4.33. The fourth-order valence-electron chi connectivity index (χ4n) is 2.73. The lowest BCUT2D eigenvalue weighted by Crippen LogP contribution is -2.58. The molecule has 1 rings (SSSR count). The highest BCUT2D eigenvalue weighted by Gasteiger charge is 2.43. The van der Waals surface area contributed by atoms with Crippen LogP contribution >= 0.6 is 0 Å². The zero-order valence-corrected chi connectivity index (χ0v) is 13.9. The summed E-state index contributed by atoms with van der Waals surface area (Å²) in [6.45, 7) is 2.52. The van der Waals surface area contributed by atoms with Gasteiger partial charge in [-0.25, -0.2) is 0 Å². The minimum absolute atomic E-state index is 0.139. The van der Waals surface area contributed by atoms with Gasteiger partial charge < -0.3 is 40.7 Å². The number of hydrogen-bond acceptors (Lipinski definition) is 8. The number of carbonyl (C=O) groups is 1. The van der Waals surface area contributed by atoms with E-state index < -0.39 is 55.4 Å². The smallest absolute Gasteiger partial charge is 0.220 e. The molecule has 1 heterocycles. The molecule has 9 nitrogen and oxygen atoms in total. The van der Waals surface area contributed by atoms with Crippen molar-refractivity contribution < 1.29 is 40.2 Å². The van der Waals surface area contributed by atoms with Crippen LogP contribution < -0.4 is 5.32 Å². The van der Waals surface area contributed by atoms with Crippen LogP contribution in [-0.2, 0) is 9.53 Å². The number of ether oxygens (including phenoxy) is 1. The van der Waals surface area contributed by atoms with Crippen LogP contribution in [0.3, 0.4) is 0 Å². The summed E-state index contributed by atoms with van der Waals surface area (Å²) in [7, 11) is 0. The lowest BCUT2D eigenvalue weighted by atomic mass is 9.90. The molecule has 5 unspecified atom stereocenters. The van der Waals surface area contributed by atoms with Gasteiger partial charge in [-0.2, -0.15) is 0 Å². The van der Waals surface area contributed by atoms with Gasteiger partial charge in [0.05, 0.1) is 31.0 Å². The Balaban J connectivity index is 2.71. The molecule has 9 heteroatoms. The number of hydrogen-bond donors (Lipinski definition) is 7. The van der Waals surface area contributed by atoms with Crippen molar-refractivity contribution >= 4 is 5.91 Å². The summed E-state index contributed by atoms with van der Waals surface area (Å²) < 4.78 is 5.39. The molecule has 0 radical (unpaired) electrons. The van der Waals surface area contributed by atoms with Crippen LogP contribution in [0.15, 0.2) is 0 Å². The molecule has 1 amide bonds. The van der Waals surface area contributed by atoms with Gasteiger partial charge in [-0.15, -0.1) is 0 Å². The van der Waals surface area contributed by atoms with E-state index in [9.17, 15) is 30.3 Å². The molecule has 7 N–H and O–H groups in total. The summed E-state index contributed by atoms with van der Waals surface area (Å²) in [6, 6.07) is -0.759. The van der Waals surface area contributed by atoms with Gasteiger partial charge in [0.15, 0.2) is 0 Å². The van der Waals surface area contributed by atoms with Gasteiger partial charge in [0.1, 0.15) is 24.4 Å². The van der Waals surface area contributed by atoms with Gasteiger partial charge in [-0.3, -0.25) is 4.79 Å². The first kappa shape index (κ1) is 21.2. The van der Waals surface area contributed by atoms with Crippen molar-refractivity contribution in [2.24, 2.45) is 0 Å². The van der Waals surface area contributed by atoms with E-state index in [-0.39, 0.29) is 25.2 Å². The van der Waals surface area contributed by atoms with Crippen LogP contribution in [-0.4, -0.2) is 91.9 Å². The summed E-state index contributed by atoms with van der Waals surface area (Å²) in [6.07, 6.45) is -7.90. The molecule has 0 aromatic carbocycles. The molecule has 24 heavy (non-hydrogen) atoms. The molecule has 1 aliphatic heterocycles. The zero-order chi connectivity index (χ0) is 18.4. The van der Waals surface area contributed by atoms with E-state index in [0.29, 0.717) is 0 Å². The normalized spacial score (nSPS) is 34.4. The average molecular weight is 351 g/mol. The van der Waals surface area contributed by atoms with Gasteiger partial charge in [0.2, 0.25) is 5.91 Å². The monoisotopic (exact) mass is 351 g/mol. The fraction of sp³-hybridized carbons (Fsp3) is 0.933. The largest absolute Gasteiger partial charge is 0.394 e. The Bertz CT molecular complexity index is 392. The first-order chi connectivity index (χ1) is 11.2. The van der Waals surface area contributed by atoms with Crippen LogP contribution in [0.5, 0.6) is 0 Å².